The van der Waals surface area contributed by atoms with Crippen LogP contribution in [-0.4, -0.2) is 16.8 Å². The van der Waals surface area contributed by atoms with Crippen LogP contribution in [0.5, 0.6) is 0 Å². The second kappa shape index (κ2) is 5.13. The standard InChI is InChI=1S/C14H18O2S/c1-9(2)12(14(15)16)7-10-8-17-13-6-4-3-5-11(10)13/h3-6,9-10,12H,7-8H2,1-2H3,(H,15,16). The molecule has 2 rings (SSSR count). The van der Waals surface area contributed by atoms with E-state index >= 15 is 0 Å². The first kappa shape index (κ1) is 12.5. The Kier molecular flexibility index (Phi) is 3.77. The molecule has 1 heterocycles. The van der Waals surface area contributed by atoms with E-state index < -0.39 is 5.97 Å². The smallest absolute Gasteiger partial charge is 0.306 e. The molecule has 0 saturated carbocycles. The van der Waals surface area contributed by atoms with Crippen molar-refractivity contribution in [1.29, 1.82) is 0 Å². The molecular formula is C14H18O2S. The van der Waals surface area contributed by atoms with Gasteiger partial charge < -0.3 is 5.11 Å². The van der Waals surface area contributed by atoms with E-state index in [2.05, 4.69) is 12.1 Å². The van der Waals surface area contributed by atoms with Crippen molar-refractivity contribution in [2.24, 2.45) is 11.8 Å². The molecule has 17 heavy (non-hydrogen) atoms. The third-order valence-electron chi connectivity index (χ3n) is 3.46. The predicted octanol–water partition coefficient (Wildman–Crippen LogP) is 3.62. The van der Waals surface area contributed by atoms with E-state index in [1.54, 1.807) is 0 Å². The summed E-state index contributed by atoms with van der Waals surface area (Å²) in [5, 5.41) is 9.25. The number of hydrogen-bond donors (Lipinski definition) is 1. The SMILES string of the molecule is CC(C)C(CC1CSc2ccccc21)C(=O)O. The van der Waals surface area contributed by atoms with E-state index in [1.807, 2.05) is 37.7 Å². The molecule has 2 unspecified atom stereocenters. The number of benzene rings is 1. The average molecular weight is 250 g/mol. The van der Waals surface area contributed by atoms with Crippen LogP contribution in [0.4, 0.5) is 0 Å². The first-order valence-electron chi connectivity index (χ1n) is 6.04. The van der Waals surface area contributed by atoms with E-state index in [4.69, 9.17) is 0 Å². The van der Waals surface area contributed by atoms with Crippen LogP contribution in [0.3, 0.4) is 0 Å². The van der Waals surface area contributed by atoms with Crippen LogP contribution >= 0.6 is 11.8 Å². The molecule has 92 valence electrons. The Morgan fingerprint density at radius 1 is 1.47 bits per heavy atom. The van der Waals surface area contributed by atoms with Crippen LogP contribution in [-0.2, 0) is 4.79 Å². The highest BCUT2D eigenvalue weighted by Crippen LogP contribution is 2.43. The van der Waals surface area contributed by atoms with Gasteiger partial charge in [-0.05, 0) is 29.9 Å². The molecule has 0 aromatic heterocycles. The van der Waals surface area contributed by atoms with Crippen LogP contribution in [0.1, 0.15) is 31.7 Å². The maximum Gasteiger partial charge on any atom is 0.306 e. The summed E-state index contributed by atoms with van der Waals surface area (Å²) in [6.45, 7) is 3.99. The monoisotopic (exact) mass is 250 g/mol. The summed E-state index contributed by atoms with van der Waals surface area (Å²) >= 11 is 1.85. The topological polar surface area (TPSA) is 37.3 Å². The molecule has 0 spiro atoms. The van der Waals surface area contributed by atoms with Crippen molar-refractivity contribution in [3.05, 3.63) is 29.8 Å². The molecule has 2 atom stereocenters. The molecule has 0 radical (unpaired) electrons. The highest BCUT2D eigenvalue weighted by molar-refractivity contribution is 7.99. The lowest BCUT2D eigenvalue weighted by Crippen LogP contribution is -2.22. The van der Waals surface area contributed by atoms with Crippen molar-refractivity contribution >= 4 is 17.7 Å². The van der Waals surface area contributed by atoms with Gasteiger partial charge in [-0.3, -0.25) is 4.79 Å². The van der Waals surface area contributed by atoms with Crippen LogP contribution < -0.4 is 0 Å². The first-order chi connectivity index (χ1) is 8.09. The number of hydrogen-bond acceptors (Lipinski definition) is 2. The maximum atomic E-state index is 11.2. The summed E-state index contributed by atoms with van der Waals surface area (Å²) in [4.78, 5) is 12.6. The largest absolute Gasteiger partial charge is 0.481 e. The quantitative estimate of drug-likeness (QED) is 0.886. The van der Waals surface area contributed by atoms with Gasteiger partial charge in [-0.25, -0.2) is 0 Å². The number of thioether (sulfide) groups is 1. The highest BCUT2D eigenvalue weighted by Gasteiger charge is 2.30. The molecule has 1 aliphatic rings. The molecule has 0 bridgehead atoms. The molecule has 0 amide bonds. The van der Waals surface area contributed by atoms with E-state index in [0.717, 1.165) is 12.2 Å². The first-order valence-corrected chi connectivity index (χ1v) is 7.02. The summed E-state index contributed by atoms with van der Waals surface area (Å²) in [6, 6.07) is 8.36. The second-order valence-electron chi connectivity index (χ2n) is 4.97. The Balaban J connectivity index is 2.13. The minimum Gasteiger partial charge on any atom is -0.481 e. The van der Waals surface area contributed by atoms with Gasteiger partial charge in [0.05, 0.1) is 5.92 Å². The van der Waals surface area contributed by atoms with Crippen molar-refractivity contribution in [2.75, 3.05) is 5.75 Å². The summed E-state index contributed by atoms with van der Waals surface area (Å²) in [5.74, 6) is 0.738. The van der Waals surface area contributed by atoms with Gasteiger partial charge in [0.2, 0.25) is 0 Å². The van der Waals surface area contributed by atoms with Gasteiger partial charge >= 0.3 is 5.97 Å². The van der Waals surface area contributed by atoms with Crippen molar-refractivity contribution in [1.82, 2.24) is 0 Å². The lowest BCUT2D eigenvalue weighted by atomic mass is 9.84. The minimum atomic E-state index is -0.658. The van der Waals surface area contributed by atoms with Crippen molar-refractivity contribution in [2.45, 2.75) is 31.1 Å². The molecule has 1 N–H and O–H groups in total. The molecule has 2 nitrogen and oxygen atoms in total. The van der Waals surface area contributed by atoms with E-state index in [1.165, 1.54) is 10.5 Å². The molecule has 3 heteroatoms. The number of rotatable bonds is 4. The van der Waals surface area contributed by atoms with Gasteiger partial charge in [-0.15, -0.1) is 11.8 Å². The van der Waals surface area contributed by atoms with Crippen molar-refractivity contribution in [3.63, 3.8) is 0 Å². The zero-order valence-electron chi connectivity index (χ0n) is 10.2. The Morgan fingerprint density at radius 3 is 2.82 bits per heavy atom. The Bertz CT molecular complexity index is 414. The van der Waals surface area contributed by atoms with Crippen LogP contribution in [0, 0.1) is 11.8 Å². The third-order valence-corrected chi connectivity index (χ3v) is 4.71. The molecule has 1 aliphatic heterocycles. The summed E-state index contributed by atoms with van der Waals surface area (Å²) in [6.07, 6.45) is 0.761. The van der Waals surface area contributed by atoms with Crippen LogP contribution in [0.25, 0.3) is 0 Å². The molecule has 0 fully saturated rings. The fraction of sp³-hybridized carbons (Fsp3) is 0.500. The van der Waals surface area contributed by atoms with Gasteiger partial charge in [-0.1, -0.05) is 32.0 Å². The fourth-order valence-corrected chi connectivity index (χ4v) is 3.66. The zero-order valence-corrected chi connectivity index (χ0v) is 11.0. The van der Waals surface area contributed by atoms with Crippen LogP contribution in [0.2, 0.25) is 0 Å². The minimum absolute atomic E-state index is 0.199. The maximum absolute atomic E-state index is 11.2. The Labute approximate surface area is 106 Å². The van der Waals surface area contributed by atoms with E-state index in [0.29, 0.717) is 5.92 Å². The lowest BCUT2D eigenvalue weighted by Gasteiger charge is -2.20. The van der Waals surface area contributed by atoms with Gasteiger partial charge in [-0.2, -0.15) is 0 Å². The molecule has 0 saturated heterocycles. The second-order valence-corrected chi connectivity index (χ2v) is 6.03. The number of carbonyl (C=O) groups is 1. The van der Waals surface area contributed by atoms with Gasteiger partial charge in [0, 0.05) is 10.6 Å². The number of carboxylic acids is 1. The normalized spacial score (nSPS) is 20.3. The number of aliphatic carboxylic acids is 1. The van der Waals surface area contributed by atoms with Gasteiger partial charge in [0.1, 0.15) is 0 Å². The third kappa shape index (κ3) is 2.65. The van der Waals surface area contributed by atoms with Crippen LogP contribution in [0.15, 0.2) is 29.2 Å². The highest BCUT2D eigenvalue weighted by atomic mass is 32.2. The Hall–Kier alpha value is -0.960. The Morgan fingerprint density at radius 2 is 2.18 bits per heavy atom. The fourth-order valence-electron chi connectivity index (χ4n) is 2.39. The van der Waals surface area contributed by atoms with Crippen molar-refractivity contribution < 1.29 is 9.90 Å². The van der Waals surface area contributed by atoms with E-state index in [-0.39, 0.29) is 11.8 Å². The zero-order chi connectivity index (χ0) is 12.4. The summed E-state index contributed by atoms with van der Waals surface area (Å²) in [7, 11) is 0. The predicted molar refractivity (Wildman–Crippen MR) is 70.5 cm³/mol. The summed E-state index contributed by atoms with van der Waals surface area (Å²) < 4.78 is 0. The summed E-state index contributed by atoms with van der Waals surface area (Å²) in [5.41, 5.74) is 1.34. The van der Waals surface area contributed by atoms with Crippen molar-refractivity contribution in [3.8, 4) is 0 Å². The average Bonchev–Trinajstić information content (AvgIpc) is 2.68. The number of carboxylic acid groups (broad SMARTS) is 1. The molecule has 1 aromatic carbocycles. The molecular weight excluding hydrogens is 232 g/mol. The van der Waals surface area contributed by atoms with Gasteiger partial charge in [0.15, 0.2) is 0 Å². The lowest BCUT2D eigenvalue weighted by molar-refractivity contribution is -0.143. The molecule has 0 aliphatic carbocycles. The van der Waals surface area contributed by atoms with Gasteiger partial charge in [0.25, 0.3) is 0 Å². The molecule has 1 aromatic rings. The van der Waals surface area contributed by atoms with E-state index in [9.17, 15) is 9.90 Å². The number of fused-ring (bicyclic) bond motifs is 1.